The van der Waals surface area contributed by atoms with Crippen molar-refractivity contribution in [1.82, 2.24) is 0 Å². The summed E-state index contributed by atoms with van der Waals surface area (Å²) in [7, 11) is 0. The van der Waals surface area contributed by atoms with E-state index in [1.807, 2.05) is 24.3 Å². The zero-order valence-electron chi connectivity index (χ0n) is 5.75. The van der Waals surface area contributed by atoms with E-state index in [9.17, 15) is 0 Å². The van der Waals surface area contributed by atoms with Gasteiger partial charge in [-0.2, -0.15) is 12.1 Å². The Bertz CT molecular complexity index is 139. The van der Waals surface area contributed by atoms with Gasteiger partial charge in [0.25, 0.3) is 0 Å². The average Bonchev–Trinajstić information content (AvgIpc) is 1.69. The summed E-state index contributed by atoms with van der Waals surface area (Å²) in [6.45, 7) is 3.66. The molecule has 45 valence electrons. The summed E-state index contributed by atoms with van der Waals surface area (Å²) in [4.78, 5) is 0. The van der Waals surface area contributed by atoms with Crippen LogP contribution in [0.25, 0.3) is 0 Å². The van der Waals surface area contributed by atoms with Crippen molar-refractivity contribution < 1.29 is 98.1 Å². The molecule has 0 amide bonds. The van der Waals surface area contributed by atoms with Gasteiger partial charge in [0.1, 0.15) is 0 Å². The Hall–Kier alpha value is 2.40. The molecule has 0 nitrogen and oxygen atoms in total. The van der Waals surface area contributed by atoms with Gasteiger partial charge in [0.05, 0.1) is 0 Å². The maximum atomic E-state index is 3.66. The van der Waals surface area contributed by atoms with Gasteiger partial charge in [-0.1, -0.05) is 0 Å². The van der Waals surface area contributed by atoms with E-state index < -0.39 is 0 Å². The molecule has 0 unspecified atom stereocenters. The van der Waals surface area contributed by atoms with Gasteiger partial charge in [-0.05, 0) is 0 Å². The molecule has 0 bridgehead atoms. The van der Waals surface area contributed by atoms with Crippen LogP contribution < -0.4 is 0 Å². The molecule has 1 aromatic rings. The van der Waals surface area contributed by atoms with Crippen LogP contribution in [0.2, 0.25) is 0 Å². The van der Waals surface area contributed by atoms with Gasteiger partial charge in [-0.25, -0.2) is 0 Å². The molecule has 3 radical (unpaired) electrons. The van der Waals surface area contributed by atoms with Gasteiger partial charge >= 0.3 is 0 Å². The van der Waals surface area contributed by atoms with Crippen LogP contribution in [-0.4, -0.2) is 0 Å². The molecule has 1 rings (SSSR count). The minimum absolute atomic E-state index is 0. The Morgan fingerprint density at radius 3 is 1.90 bits per heavy atom. The summed E-state index contributed by atoms with van der Waals surface area (Å²) in [5.74, 6) is 0. The van der Waals surface area contributed by atoms with E-state index >= 15 is 0 Å². The van der Waals surface area contributed by atoms with Gasteiger partial charge in [-0.3, -0.25) is 6.07 Å². The van der Waals surface area contributed by atoms with Crippen molar-refractivity contribution in [3.63, 3.8) is 0 Å². The second-order valence-electron chi connectivity index (χ2n) is 1.39. The van der Waals surface area contributed by atoms with Crippen molar-refractivity contribution in [2.45, 2.75) is 0 Å². The SMILES string of the molecule is [CH2-]c1[c-]cccc1.[Y].[Y].[Y]. The first-order chi connectivity index (χ1) is 3.39. The second-order valence-corrected chi connectivity index (χ2v) is 1.39. The van der Waals surface area contributed by atoms with Crippen LogP contribution in [0.1, 0.15) is 5.56 Å². The second kappa shape index (κ2) is 11.4. The maximum absolute atomic E-state index is 3.66. The molecule has 0 aliphatic heterocycles. The summed E-state index contributed by atoms with van der Waals surface area (Å²) >= 11 is 0. The van der Waals surface area contributed by atoms with E-state index in [2.05, 4.69) is 13.0 Å². The number of hydrogen-bond acceptors (Lipinski definition) is 0. The first-order valence-electron chi connectivity index (χ1n) is 2.18. The fourth-order valence-corrected chi connectivity index (χ4v) is 0.431. The third-order valence-corrected chi connectivity index (χ3v) is 0.773. The van der Waals surface area contributed by atoms with Crippen LogP contribution in [0.5, 0.6) is 0 Å². The molecule has 0 heterocycles. The van der Waals surface area contributed by atoms with E-state index in [1.54, 1.807) is 0 Å². The van der Waals surface area contributed by atoms with Crippen molar-refractivity contribution in [2.24, 2.45) is 0 Å². The zero-order valence-corrected chi connectivity index (χ0v) is 14.3. The van der Waals surface area contributed by atoms with Crippen molar-refractivity contribution >= 4 is 0 Å². The molecule has 0 fully saturated rings. The summed E-state index contributed by atoms with van der Waals surface area (Å²) in [6, 6.07) is 10.6. The molecule has 3 heteroatoms. The Morgan fingerprint density at radius 2 is 1.70 bits per heavy atom. The van der Waals surface area contributed by atoms with E-state index in [0.29, 0.717) is 0 Å². The molecular weight excluding hydrogens is 351 g/mol. The summed E-state index contributed by atoms with van der Waals surface area (Å²) in [5, 5.41) is 0. The van der Waals surface area contributed by atoms with E-state index in [0.717, 1.165) is 5.56 Å². The summed E-state index contributed by atoms with van der Waals surface area (Å²) in [6.07, 6.45) is 0. The normalized spacial score (nSPS) is 6.00. The van der Waals surface area contributed by atoms with Crippen LogP contribution in [0.3, 0.4) is 0 Å². The maximum Gasteiger partial charge on any atom is 0 e. The van der Waals surface area contributed by atoms with Crippen molar-refractivity contribution in [2.75, 3.05) is 0 Å². The number of benzene rings is 1. The van der Waals surface area contributed by atoms with Gasteiger partial charge < -0.3 is 18.6 Å². The van der Waals surface area contributed by atoms with Gasteiger partial charge in [0, 0.05) is 98.1 Å². The third kappa shape index (κ3) is 8.50. The number of hydrogen-bond donors (Lipinski definition) is 0. The first kappa shape index (κ1) is 18.2. The Morgan fingerprint density at radius 1 is 1.10 bits per heavy atom. The molecule has 10 heavy (non-hydrogen) atoms. The fraction of sp³-hybridized carbons (Fsp3) is 0. The van der Waals surface area contributed by atoms with Crippen LogP contribution in [0.15, 0.2) is 24.3 Å². The smallest absolute Gasteiger partial charge is 0 e. The standard InChI is InChI=1S/C7H6.3Y/c1-7-5-3-2-4-6-7;;;/h2-5H,1H2;;;/q-2;;;. The van der Waals surface area contributed by atoms with Gasteiger partial charge in [0.15, 0.2) is 0 Å². The summed E-state index contributed by atoms with van der Waals surface area (Å²) < 4.78 is 0. The largest absolute Gasteiger partial charge is 0.374 e. The van der Waals surface area contributed by atoms with E-state index in [1.165, 1.54) is 0 Å². The molecule has 0 aromatic heterocycles. The van der Waals surface area contributed by atoms with Crippen molar-refractivity contribution in [3.8, 4) is 0 Å². The Labute approximate surface area is 138 Å². The predicted octanol–water partition coefficient (Wildman–Crippen LogP) is 1.66. The molecule has 0 aliphatic carbocycles. The molecule has 0 aliphatic rings. The molecule has 0 saturated carbocycles. The van der Waals surface area contributed by atoms with Gasteiger partial charge in [-0.15, -0.1) is 6.07 Å². The fourth-order valence-electron chi connectivity index (χ4n) is 0.431. The van der Waals surface area contributed by atoms with Crippen molar-refractivity contribution in [3.05, 3.63) is 42.8 Å². The molecule has 0 N–H and O–H groups in total. The Kier molecular flexibility index (Phi) is 20.8. The predicted molar refractivity (Wildman–Crippen MR) is 29.7 cm³/mol. The van der Waals surface area contributed by atoms with Crippen LogP contribution >= 0.6 is 0 Å². The van der Waals surface area contributed by atoms with Crippen LogP contribution in [-0.2, 0) is 98.1 Å². The topological polar surface area (TPSA) is 0 Å². The molecule has 0 saturated heterocycles. The molecule has 1 aromatic carbocycles. The van der Waals surface area contributed by atoms with E-state index in [4.69, 9.17) is 0 Å². The quantitative estimate of drug-likeness (QED) is 0.620. The minimum Gasteiger partial charge on any atom is -0.374 e. The van der Waals surface area contributed by atoms with Gasteiger partial charge in [0.2, 0.25) is 0 Å². The first-order valence-corrected chi connectivity index (χ1v) is 2.18. The average molecular weight is 357 g/mol. The zero-order chi connectivity index (χ0) is 5.11. The van der Waals surface area contributed by atoms with E-state index in [-0.39, 0.29) is 98.1 Å². The van der Waals surface area contributed by atoms with Crippen LogP contribution in [0.4, 0.5) is 0 Å². The third-order valence-electron chi connectivity index (χ3n) is 0.773. The number of rotatable bonds is 0. The minimum atomic E-state index is 0. The van der Waals surface area contributed by atoms with Crippen LogP contribution in [0, 0.1) is 13.0 Å². The van der Waals surface area contributed by atoms with Crippen molar-refractivity contribution in [1.29, 1.82) is 0 Å². The molecule has 0 atom stereocenters. The molecule has 0 spiro atoms. The molecular formula is C7H6Y3-2. The monoisotopic (exact) mass is 357 g/mol. The summed E-state index contributed by atoms with van der Waals surface area (Å²) in [5.41, 5.74) is 0.947. The Balaban J connectivity index is -0.000000163.